The average molecular weight is 743 g/mol. The number of ether oxygens (including phenoxy) is 10. The van der Waals surface area contributed by atoms with Crippen LogP contribution >= 0.6 is 0 Å². The van der Waals surface area contributed by atoms with Crippen LogP contribution in [0.1, 0.15) is 23.3 Å². The smallest absolute Gasteiger partial charge is 0.229 e. The molecule has 290 valence electrons. The van der Waals surface area contributed by atoms with Crippen molar-refractivity contribution in [3.8, 4) is 34.5 Å². The van der Waals surface area contributed by atoms with Crippen molar-refractivity contribution in [1.82, 2.24) is 0 Å². The summed E-state index contributed by atoms with van der Waals surface area (Å²) in [6.45, 7) is -0.604. The van der Waals surface area contributed by atoms with E-state index in [4.69, 9.17) is 47.4 Å². The third kappa shape index (κ3) is 6.94. The van der Waals surface area contributed by atoms with Gasteiger partial charge in [-0.1, -0.05) is 0 Å². The van der Waals surface area contributed by atoms with Crippen molar-refractivity contribution in [3.05, 3.63) is 35.4 Å². The van der Waals surface area contributed by atoms with Crippen LogP contribution in [0.3, 0.4) is 0 Å². The molecule has 0 saturated carbocycles. The van der Waals surface area contributed by atoms with Crippen molar-refractivity contribution in [2.75, 3.05) is 54.9 Å². The zero-order chi connectivity index (χ0) is 37.4. The van der Waals surface area contributed by atoms with Crippen LogP contribution < -0.4 is 28.4 Å². The monoisotopic (exact) mass is 742 g/mol. The Morgan fingerprint density at radius 3 is 1.13 bits per heavy atom. The molecule has 6 rings (SSSR count). The van der Waals surface area contributed by atoms with Crippen molar-refractivity contribution >= 4 is 0 Å². The number of aliphatic hydroxyl groups is 8. The summed E-state index contributed by atoms with van der Waals surface area (Å²) < 4.78 is 58.0. The molecule has 52 heavy (non-hydrogen) atoms. The summed E-state index contributed by atoms with van der Waals surface area (Å²) in [6.07, 6.45) is -15.9. The van der Waals surface area contributed by atoms with E-state index in [1.165, 1.54) is 28.4 Å². The molecule has 18 heteroatoms. The fraction of sp³-hybridized carbons (Fsp3) is 0.647. The Morgan fingerprint density at radius 1 is 0.519 bits per heavy atom. The summed E-state index contributed by atoms with van der Waals surface area (Å²) in [4.78, 5) is 0. The van der Waals surface area contributed by atoms with Crippen molar-refractivity contribution in [2.45, 2.75) is 73.6 Å². The maximum Gasteiger partial charge on any atom is 0.229 e. The van der Waals surface area contributed by atoms with Gasteiger partial charge >= 0.3 is 0 Å². The molecule has 4 heterocycles. The average Bonchev–Trinajstić information content (AvgIpc) is 3.78. The highest BCUT2D eigenvalue weighted by molar-refractivity contribution is 5.56. The Morgan fingerprint density at radius 2 is 0.846 bits per heavy atom. The Kier molecular flexibility index (Phi) is 11.8. The Bertz CT molecular complexity index is 1360. The SMILES string of the molecule is COc1cc([C@H]2OC[C@H]3[C@H]2CO[C@@H]3c2cc(OC)c(O[C@@H]3O[C@H](CO)[C@@H](O)[C@H](O)[C@H]3O)c(OC)c2)cc(OC)c1O[C@@H]1O[C@H](CO)[C@@H](O)[C@H](O)[C@H]1O. The molecule has 0 radical (unpaired) electrons. The number of hydrogen-bond donors (Lipinski definition) is 8. The number of hydrogen-bond acceptors (Lipinski definition) is 18. The minimum Gasteiger partial charge on any atom is -0.493 e. The third-order valence-corrected chi connectivity index (χ3v) is 10.1. The van der Waals surface area contributed by atoms with E-state index >= 15 is 0 Å². The Hall–Kier alpha value is -3.24. The highest BCUT2D eigenvalue weighted by Gasteiger charge is 2.50. The van der Waals surface area contributed by atoms with Crippen LogP contribution in [0.5, 0.6) is 34.5 Å². The first-order chi connectivity index (χ1) is 25.0. The fourth-order valence-corrected chi connectivity index (χ4v) is 7.16. The maximum atomic E-state index is 10.5. The van der Waals surface area contributed by atoms with Crippen LogP contribution in [0.4, 0.5) is 0 Å². The lowest BCUT2D eigenvalue weighted by Crippen LogP contribution is -2.60. The molecule has 18 nitrogen and oxygen atoms in total. The van der Waals surface area contributed by atoms with Crippen LogP contribution in [0, 0.1) is 11.8 Å². The van der Waals surface area contributed by atoms with Gasteiger partial charge in [0, 0.05) is 11.8 Å². The van der Waals surface area contributed by atoms with Crippen LogP contribution in [-0.4, -0.2) is 157 Å². The van der Waals surface area contributed by atoms with Gasteiger partial charge in [-0.3, -0.25) is 0 Å². The summed E-state index contributed by atoms with van der Waals surface area (Å²) in [5.74, 6) is 0.683. The van der Waals surface area contributed by atoms with Gasteiger partial charge in [0.25, 0.3) is 0 Å². The van der Waals surface area contributed by atoms with Gasteiger partial charge in [0.1, 0.15) is 48.8 Å². The minimum absolute atomic E-state index is 0.0541. The first-order valence-corrected chi connectivity index (χ1v) is 16.7. The Labute approximate surface area is 298 Å². The van der Waals surface area contributed by atoms with Crippen LogP contribution in [-0.2, 0) is 18.9 Å². The topological polar surface area (TPSA) is 254 Å². The van der Waals surface area contributed by atoms with E-state index in [1.54, 1.807) is 24.3 Å². The van der Waals surface area contributed by atoms with Gasteiger partial charge in [0.05, 0.1) is 67.1 Å². The van der Waals surface area contributed by atoms with Crippen LogP contribution in [0.15, 0.2) is 24.3 Å². The van der Waals surface area contributed by atoms with Crippen molar-refractivity contribution in [2.24, 2.45) is 11.8 Å². The van der Waals surface area contributed by atoms with Crippen LogP contribution in [0.2, 0.25) is 0 Å². The van der Waals surface area contributed by atoms with Crippen molar-refractivity contribution in [3.63, 3.8) is 0 Å². The van der Waals surface area contributed by atoms with Crippen LogP contribution in [0.25, 0.3) is 0 Å². The second-order valence-electron chi connectivity index (χ2n) is 13.0. The lowest BCUT2D eigenvalue weighted by molar-refractivity contribution is -0.277. The number of benzene rings is 2. The molecule has 2 aromatic rings. The molecule has 0 amide bonds. The molecule has 2 aromatic carbocycles. The molecule has 14 atom stereocenters. The molecular weight excluding hydrogens is 696 g/mol. The second-order valence-corrected chi connectivity index (χ2v) is 13.0. The number of rotatable bonds is 12. The third-order valence-electron chi connectivity index (χ3n) is 10.1. The van der Waals surface area contributed by atoms with Gasteiger partial charge in [-0.2, -0.15) is 0 Å². The minimum atomic E-state index is -1.65. The summed E-state index contributed by atoms with van der Waals surface area (Å²) in [5.41, 5.74) is 1.37. The fourth-order valence-electron chi connectivity index (χ4n) is 7.16. The first kappa shape index (κ1) is 38.5. The van der Waals surface area contributed by atoms with E-state index in [9.17, 15) is 40.9 Å². The highest BCUT2D eigenvalue weighted by Crippen LogP contribution is 2.54. The lowest BCUT2D eigenvalue weighted by Gasteiger charge is -2.39. The van der Waals surface area contributed by atoms with Gasteiger partial charge in [0.15, 0.2) is 23.0 Å². The molecule has 4 aliphatic heterocycles. The molecule has 0 aromatic heterocycles. The summed E-state index contributed by atoms with van der Waals surface area (Å²) >= 11 is 0. The predicted molar refractivity (Wildman–Crippen MR) is 172 cm³/mol. The zero-order valence-corrected chi connectivity index (χ0v) is 28.9. The summed E-state index contributed by atoms with van der Waals surface area (Å²) in [6, 6.07) is 6.78. The van der Waals surface area contributed by atoms with Gasteiger partial charge in [-0.15, -0.1) is 0 Å². The maximum absolute atomic E-state index is 10.5. The second kappa shape index (κ2) is 16.0. The normalized spacial score (nSPS) is 37.3. The van der Waals surface area contributed by atoms with Gasteiger partial charge in [0.2, 0.25) is 24.1 Å². The molecule has 8 N–H and O–H groups in total. The van der Waals surface area contributed by atoms with Crippen molar-refractivity contribution in [1.29, 1.82) is 0 Å². The Balaban J connectivity index is 1.22. The summed E-state index contributed by atoms with van der Waals surface area (Å²) in [7, 11) is 5.66. The summed E-state index contributed by atoms with van der Waals surface area (Å²) in [5, 5.41) is 81.0. The number of aliphatic hydroxyl groups excluding tert-OH is 8. The van der Waals surface area contributed by atoms with E-state index in [0.29, 0.717) is 24.3 Å². The van der Waals surface area contributed by atoms with E-state index in [2.05, 4.69) is 0 Å². The molecule has 0 bridgehead atoms. The number of fused-ring (bicyclic) bond motifs is 1. The van der Waals surface area contributed by atoms with E-state index in [0.717, 1.165) is 0 Å². The van der Waals surface area contributed by atoms with Crippen molar-refractivity contribution < 1.29 is 88.2 Å². The molecule has 4 aliphatic rings. The van der Waals surface area contributed by atoms with Gasteiger partial charge < -0.3 is 88.2 Å². The largest absolute Gasteiger partial charge is 0.493 e. The molecule has 0 aliphatic carbocycles. The molecular formula is C34H46O18. The van der Waals surface area contributed by atoms with Gasteiger partial charge in [-0.05, 0) is 35.4 Å². The molecule has 0 unspecified atom stereocenters. The first-order valence-electron chi connectivity index (χ1n) is 16.7. The standard InChI is InChI=1S/C34H46O18/c1-43-17-5-13(6-18(44-2)31(17)51-33-27(41)25(39)23(37)21(9-35)49-33)29-15-11-48-30(16(15)12-47-29)14-7-19(45-3)32(20(8-14)46-4)52-34-28(42)26(40)24(38)22(10-36)50-34/h5-8,15-16,21-30,33-42H,9-12H2,1-4H3/t15-,16+,21-,22-,23-,24-,25+,26+,27-,28-,29-,30-,33+,34+/m1/s1. The predicted octanol–water partition coefficient (Wildman–Crippen LogP) is -1.85. The van der Waals surface area contributed by atoms with E-state index in [1.807, 2.05) is 0 Å². The van der Waals surface area contributed by atoms with E-state index in [-0.39, 0.29) is 46.3 Å². The number of methoxy groups -OCH3 is 4. The van der Waals surface area contributed by atoms with E-state index < -0.39 is 86.8 Å². The molecule has 4 saturated heterocycles. The van der Waals surface area contributed by atoms with Gasteiger partial charge in [-0.25, -0.2) is 0 Å². The zero-order valence-electron chi connectivity index (χ0n) is 28.9. The lowest BCUT2D eigenvalue weighted by atomic mass is 9.84. The molecule has 0 spiro atoms. The molecule has 4 fully saturated rings. The quantitative estimate of drug-likeness (QED) is 0.119. The highest BCUT2D eigenvalue weighted by atomic mass is 16.7.